The molecule has 138 valence electrons. The number of piperazine rings is 1. The first-order valence-electron chi connectivity index (χ1n) is 8.98. The Bertz CT molecular complexity index is 600. The Morgan fingerprint density at radius 2 is 1.64 bits per heavy atom. The number of nitrogens with two attached hydrogens (primary N) is 1. The Labute approximate surface area is 155 Å². The van der Waals surface area contributed by atoms with Crippen molar-refractivity contribution in [1.82, 2.24) is 9.80 Å². The molecule has 2 N–H and O–H groups in total. The predicted molar refractivity (Wildman–Crippen MR) is 100 cm³/mol. The average molecular weight is 366 g/mol. The second-order valence-electron chi connectivity index (χ2n) is 6.63. The Morgan fingerprint density at radius 3 is 2.16 bits per heavy atom. The van der Waals surface area contributed by atoms with Gasteiger partial charge in [0.05, 0.1) is 11.8 Å². The van der Waals surface area contributed by atoms with Crippen LogP contribution >= 0.6 is 11.6 Å². The van der Waals surface area contributed by atoms with Crippen LogP contribution in [-0.2, 0) is 16.0 Å². The normalized spacial score (nSPS) is 15.4. The van der Waals surface area contributed by atoms with Crippen molar-refractivity contribution in [1.29, 1.82) is 0 Å². The molecule has 0 atom stereocenters. The molecule has 2 amide bonds. The van der Waals surface area contributed by atoms with Gasteiger partial charge in [-0.25, -0.2) is 0 Å². The van der Waals surface area contributed by atoms with Crippen molar-refractivity contribution in [3.8, 4) is 0 Å². The highest BCUT2D eigenvalue weighted by Gasteiger charge is 2.38. The van der Waals surface area contributed by atoms with Gasteiger partial charge in [-0.2, -0.15) is 0 Å². The van der Waals surface area contributed by atoms with Crippen LogP contribution in [0.1, 0.15) is 32.3 Å². The molecule has 0 aromatic heterocycles. The van der Waals surface area contributed by atoms with E-state index in [1.807, 2.05) is 41.8 Å². The van der Waals surface area contributed by atoms with Gasteiger partial charge in [0, 0.05) is 37.7 Å². The van der Waals surface area contributed by atoms with Crippen molar-refractivity contribution in [3.63, 3.8) is 0 Å². The summed E-state index contributed by atoms with van der Waals surface area (Å²) in [5.41, 5.74) is 6.26. The number of halogens is 1. The zero-order valence-electron chi connectivity index (χ0n) is 15.1. The fourth-order valence-electron chi connectivity index (χ4n) is 3.34. The third kappa shape index (κ3) is 4.33. The van der Waals surface area contributed by atoms with Gasteiger partial charge in [-0.15, -0.1) is 0 Å². The van der Waals surface area contributed by atoms with Crippen molar-refractivity contribution < 1.29 is 9.59 Å². The fraction of sp³-hybridized carbons (Fsp3) is 0.579. The topological polar surface area (TPSA) is 66.6 Å². The minimum absolute atomic E-state index is 0.0521. The molecule has 0 unspecified atom stereocenters. The van der Waals surface area contributed by atoms with Crippen LogP contribution in [0.2, 0.25) is 5.02 Å². The third-order valence-electron chi connectivity index (χ3n) is 5.42. The second kappa shape index (κ2) is 8.68. The Kier molecular flexibility index (Phi) is 6.85. The number of benzene rings is 1. The number of hydrogen-bond donors (Lipinski definition) is 1. The molecule has 0 radical (unpaired) electrons. The van der Waals surface area contributed by atoms with Crippen LogP contribution < -0.4 is 5.73 Å². The Balaban J connectivity index is 1.94. The molecule has 1 aliphatic heterocycles. The van der Waals surface area contributed by atoms with Gasteiger partial charge in [0.15, 0.2) is 0 Å². The first-order valence-corrected chi connectivity index (χ1v) is 9.35. The van der Waals surface area contributed by atoms with Crippen LogP contribution in [0.25, 0.3) is 0 Å². The van der Waals surface area contributed by atoms with Gasteiger partial charge in [0.2, 0.25) is 11.8 Å². The molecule has 5 nitrogen and oxygen atoms in total. The molecule has 0 bridgehead atoms. The molecule has 1 fully saturated rings. The minimum Gasteiger partial charge on any atom is -0.339 e. The smallest absolute Gasteiger partial charge is 0.230 e. The van der Waals surface area contributed by atoms with Gasteiger partial charge in [0.25, 0.3) is 0 Å². The van der Waals surface area contributed by atoms with Gasteiger partial charge in [-0.1, -0.05) is 43.6 Å². The van der Waals surface area contributed by atoms with Crippen LogP contribution in [0.3, 0.4) is 0 Å². The van der Waals surface area contributed by atoms with E-state index < -0.39 is 5.41 Å². The van der Waals surface area contributed by atoms with Crippen LogP contribution in [0.15, 0.2) is 24.3 Å². The van der Waals surface area contributed by atoms with Crippen molar-refractivity contribution in [2.75, 3.05) is 32.7 Å². The summed E-state index contributed by atoms with van der Waals surface area (Å²) in [4.78, 5) is 29.0. The van der Waals surface area contributed by atoms with E-state index in [9.17, 15) is 9.59 Å². The molecule has 0 spiro atoms. The SMILES string of the molecule is CCC(CC)(CN)C(=O)N1CCN(C(=O)Cc2ccccc2Cl)CC1. The highest BCUT2D eigenvalue weighted by molar-refractivity contribution is 6.31. The number of rotatable bonds is 6. The highest BCUT2D eigenvalue weighted by Crippen LogP contribution is 2.28. The van der Waals surface area contributed by atoms with Gasteiger partial charge >= 0.3 is 0 Å². The first-order chi connectivity index (χ1) is 12.0. The lowest BCUT2D eigenvalue weighted by Gasteiger charge is -2.40. The van der Waals surface area contributed by atoms with E-state index in [0.717, 1.165) is 18.4 Å². The van der Waals surface area contributed by atoms with Crippen molar-refractivity contribution in [2.45, 2.75) is 33.1 Å². The summed E-state index contributed by atoms with van der Waals surface area (Å²) >= 11 is 6.13. The molecule has 2 rings (SSSR count). The maximum atomic E-state index is 12.9. The summed E-state index contributed by atoms with van der Waals surface area (Å²) < 4.78 is 0. The van der Waals surface area contributed by atoms with E-state index in [-0.39, 0.29) is 11.8 Å². The van der Waals surface area contributed by atoms with E-state index in [0.29, 0.717) is 44.2 Å². The number of hydrogen-bond acceptors (Lipinski definition) is 3. The lowest BCUT2D eigenvalue weighted by Crippen LogP contribution is -2.55. The molecule has 1 aromatic rings. The second-order valence-corrected chi connectivity index (χ2v) is 7.04. The van der Waals surface area contributed by atoms with Crippen LogP contribution in [0.4, 0.5) is 0 Å². The standard InChI is InChI=1S/C19H28ClN3O2/c1-3-19(4-2,14-21)18(25)23-11-9-22(10-12-23)17(24)13-15-7-5-6-8-16(15)20/h5-8H,3-4,9-14,21H2,1-2H3. The van der Waals surface area contributed by atoms with E-state index in [4.69, 9.17) is 17.3 Å². The van der Waals surface area contributed by atoms with Gasteiger partial charge in [-0.3, -0.25) is 9.59 Å². The predicted octanol–water partition coefficient (Wildman–Crippen LogP) is 2.32. The summed E-state index contributed by atoms with van der Waals surface area (Å²) in [6.45, 7) is 6.63. The summed E-state index contributed by atoms with van der Waals surface area (Å²) in [6.07, 6.45) is 1.78. The largest absolute Gasteiger partial charge is 0.339 e. The fourth-order valence-corrected chi connectivity index (χ4v) is 3.54. The van der Waals surface area contributed by atoms with Crippen molar-refractivity contribution >= 4 is 23.4 Å². The first kappa shape index (κ1) is 19.7. The number of carbonyl (C=O) groups is 2. The van der Waals surface area contributed by atoms with Crippen LogP contribution in [0, 0.1) is 5.41 Å². The zero-order valence-corrected chi connectivity index (χ0v) is 15.9. The summed E-state index contributed by atoms with van der Waals surface area (Å²) in [6, 6.07) is 7.40. The number of carbonyl (C=O) groups excluding carboxylic acids is 2. The maximum Gasteiger partial charge on any atom is 0.230 e. The zero-order chi connectivity index (χ0) is 18.4. The molecule has 1 aliphatic rings. The highest BCUT2D eigenvalue weighted by atomic mass is 35.5. The van der Waals surface area contributed by atoms with Crippen molar-refractivity contribution in [3.05, 3.63) is 34.9 Å². The quantitative estimate of drug-likeness (QED) is 0.841. The molecular weight excluding hydrogens is 338 g/mol. The molecule has 1 heterocycles. The summed E-state index contributed by atoms with van der Waals surface area (Å²) in [5, 5.41) is 0.614. The average Bonchev–Trinajstić information content (AvgIpc) is 2.65. The minimum atomic E-state index is -0.469. The molecule has 0 aliphatic carbocycles. The molecule has 25 heavy (non-hydrogen) atoms. The van der Waals surface area contributed by atoms with Crippen LogP contribution in [-0.4, -0.2) is 54.3 Å². The Morgan fingerprint density at radius 1 is 1.08 bits per heavy atom. The number of amides is 2. The molecule has 6 heteroatoms. The summed E-state index contributed by atoms with van der Waals surface area (Å²) in [7, 11) is 0. The summed E-state index contributed by atoms with van der Waals surface area (Å²) in [5.74, 6) is 0.175. The van der Waals surface area contributed by atoms with Crippen molar-refractivity contribution in [2.24, 2.45) is 11.1 Å². The van der Waals surface area contributed by atoms with Crippen LogP contribution in [0.5, 0.6) is 0 Å². The monoisotopic (exact) mass is 365 g/mol. The van der Waals surface area contributed by atoms with E-state index >= 15 is 0 Å². The van der Waals surface area contributed by atoms with Gasteiger partial charge in [-0.05, 0) is 24.5 Å². The van der Waals surface area contributed by atoms with E-state index in [1.165, 1.54) is 0 Å². The molecule has 0 saturated carbocycles. The molecule has 1 aromatic carbocycles. The maximum absolute atomic E-state index is 12.9. The van der Waals surface area contributed by atoms with Gasteiger partial charge < -0.3 is 15.5 Å². The lowest BCUT2D eigenvalue weighted by molar-refractivity contribution is -0.147. The Hall–Kier alpha value is -1.59. The van der Waals surface area contributed by atoms with E-state index in [1.54, 1.807) is 6.07 Å². The van der Waals surface area contributed by atoms with Gasteiger partial charge in [0.1, 0.15) is 0 Å². The molecule has 1 saturated heterocycles. The molecular formula is C19H28ClN3O2. The van der Waals surface area contributed by atoms with E-state index in [2.05, 4.69) is 0 Å². The third-order valence-corrected chi connectivity index (χ3v) is 5.79. The number of nitrogens with zero attached hydrogens (tertiary/aromatic N) is 2. The lowest BCUT2D eigenvalue weighted by atomic mass is 9.81.